The average molecular weight is 265 g/mol. The van der Waals surface area contributed by atoms with Gasteiger partial charge in [0.05, 0.1) is 6.04 Å². The van der Waals surface area contributed by atoms with Crippen molar-refractivity contribution in [2.45, 2.75) is 44.3 Å². The number of likely N-dealkylation sites (tertiary alicyclic amines) is 1. The Kier molecular flexibility index (Phi) is 3.35. The first kappa shape index (κ1) is 12.5. The zero-order chi connectivity index (χ0) is 12.7. The normalized spacial score (nSPS) is 30.6. The zero-order valence-electron chi connectivity index (χ0n) is 10.8. The Bertz CT molecular complexity index is 432. The Hall–Kier alpha value is -0.570. The lowest BCUT2D eigenvalue weighted by Gasteiger charge is -2.37. The molecule has 98 valence electrons. The van der Waals surface area contributed by atoms with Crippen molar-refractivity contribution in [2.24, 2.45) is 11.7 Å². The molecule has 2 fully saturated rings. The minimum absolute atomic E-state index is 0.115. The molecule has 1 aromatic carbocycles. The number of piperidine rings is 1. The average Bonchev–Trinajstić information content (AvgIpc) is 2.94. The molecular formula is C15H21ClN2. The maximum absolute atomic E-state index is 6.36. The van der Waals surface area contributed by atoms with Crippen molar-refractivity contribution in [1.82, 2.24) is 4.90 Å². The van der Waals surface area contributed by atoms with Crippen LogP contribution in [0.4, 0.5) is 0 Å². The molecule has 3 rings (SSSR count). The van der Waals surface area contributed by atoms with Crippen molar-refractivity contribution in [3.8, 4) is 0 Å². The van der Waals surface area contributed by atoms with Crippen LogP contribution in [0.5, 0.6) is 0 Å². The van der Waals surface area contributed by atoms with Gasteiger partial charge in [0.2, 0.25) is 0 Å². The molecule has 1 heterocycles. The highest BCUT2D eigenvalue weighted by Gasteiger charge is 2.42. The maximum atomic E-state index is 6.36. The van der Waals surface area contributed by atoms with E-state index in [4.69, 9.17) is 17.3 Å². The standard InChI is InChI=1S/C15H21ClN2/c1-10(17)15(13-4-2-3-5-14(13)16)18-9-11-6-7-12(18)8-11/h2-5,10-12,15H,6-9,17H2,1H3. The molecule has 3 heteroatoms. The van der Waals surface area contributed by atoms with Crippen molar-refractivity contribution in [1.29, 1.82) is 0 Å². The summed E-state index contributed by atoms with van der Waals surface area (Å²) in [7, 11) is 0. The highest BCUT2D eigenvalue weighted by molar-refractivity contribution is 6.31. The molecule has 4 unspecified atom stereocenters. The van der Waals surface area contributed by atoms with Crippen LogP contribution in [-0.2, 0) is 0 Å². The fourth-order valence-electron chi connectivity index (χ4n) is 3.78. The van der Waals surface area contributed by atoms with Gasteiger partial charge in [-0.1, -0.05) is 29.8 Å². The molecule has 1 aliphatic carbocycles. The summed E-state index contributed by atoms with van der Waals surface area (Å²) in [4.78, 5) is 2.60. The first-order chi connectivity index (χ1) is 8.66. The van der Waals surface area contributed by atoms with Crippen LogP contribution in [0.15, 0.2) is 24.3 Å². The van der Waals surface area contributed by atoms with Gasteiger partial charge in [-0.15, -0.1) is 0 Å². The van der Waals surface area contributed by atoms with Crippen LogP contribution in [-0.4, -0.2) is 23.5 Å². The third-order valence-electron chi connectivity index (χ3n) is 4.53. The first-order valence-electron chi connectivity index (χ1n) is 6.92. The highest BCUT2D eigenvalue weighted by Crippen LogP contribution is 2.43. The molecule has 18 heavy (non-hydrogen) atoms. The largest absolute Gasteiger partial charge is 0.326 e. The number of halogens is 1. The number of nitrogens with zero attached hydrogens (tertiary/aromatic N) is 1. The molecule has 1 aliphatic heterocycles. The smallest absolute Gasteiger partial charge is 0.0514 e. The van der Waals surface area contributed by atoms with Crippen molar-refractivity contribution in [2.75, 3.05) is 6.54 Å². The van der Waals surface area contributed by atoms with E-state index in [2.05, 4.69) is 24.0 Å². The van der Waals surface area contributed by atoms with Crippen LogP contribution < -0.4 is 5.73 Å². The predicted molar refractivity (Wildman–Crippen MR) is 75.7 cm³/mol. The van der Waals surface area contributed by atoms with Gasteiger partial charge < -0.3 is 5.73 Å². The first-order valence-corrected chi connectivity index (χ1v) is 7.30. The lowest BCUT2D eigenvalue weighted by Crippen LogP contribution is -2.43. The summed E-state index contributed by atoms with van der Waals surface area (Å²) in [6, 6.07) is 9.26. The molecule has 0 radical (unpaired) electrons. The van der Waals surface area contributed by atoms with Gasteiger partial charge in [-0.05, 0) is 43.7 Å². The summed E-state index contributed by atoms with van der Waals surface area (Å²) in [6.07, 6.45) is 4.08. The van der Waals surface area contributed by atoms with Crippen molar-refractivity contribution in [3.05, 3.63) is 34.9 Å². The van der Waals surface area contributed by atoms with Crippen molar-refractivity contribution >= 4 is 11.6 Å². The number of nitrogens with two attached hydrogens (primary N) is 1. The lowest BCUT2D eigenvalue weighted by molar-refractivity contribution is 0.133. The molecule has 2 bridgehead atoms. The van der Waals surface area contributed by atoms with E-state index in [1.807, 2.05) is 12.1 Å². The van der Waals surface area contributed by atoms with E-state index in [1.54, 1.807) is 0 Å². The molecular weight excluding hydrogens is 244 g/mol. The van der Waals surface area contributed by atoms with Crippen LogP contribution in [0.3, 0.4) is 0 Å². The van der Waals surface area contributed by atoms with Gasteiger partial charge in [0.1, 0.15) is 0 Å². The minimum atomic E-state index is 0.115. The minimum Gasteiger partial charge on any atom is -0.326 e. The molecule has 2 aliphatic rings. The molecule has 2 N–H and O–H groups in total. The molecule has 1 aromatic rings. The predicted octanol–water partition coefficient (Wildman–Crippen LogP) is 3.21. The monoisotopic (exact) mass is 264 g/mol. The van der Waals surface area contributed by atoms with Gasteiger partial charge in [0, 0.05) is 23.7 Å². The fraction of sp³-hybridized carbons (Fsp3) is 0.600. The Morgan fingerprint density at radius 3 is 2.67 bits per heavy atom. The van der Waals surface area contributed by atoms with E-state index in [-0.39, 0.29) is 12.1 Å². The maximum Gasteiger partial charge on any atom is 0.0514 e. The third kappa shape index (κ3) is 2.07. The van der Waals surface area contributed by atoms with E-state index >= 15 is 0 Å². The number of hydrogen-bond donors (Lipinski definition) is 1. The third-order valence-corrected chi connectivity index (χ3v) is 4.87. The van der Waals surface area contributed by atoms with Gasteiger partial charge >= 0.3 is 0 Å². The van der Waals surface area contributed by atoms with E-state index in [1.165, 1.54) is 31.4 Å². The number of fused-ring (bicyclic) bond motifs is 2. The molecule has 0 amide bonds. The van der Waals surface area contributed by atoms with Crippen LogP contribution in [0.2, 0.25) is 5.02 Å². The highest BCUT2D eigenvalue weighted by atomic mass is 35.5. The van der Waals surface area contributed by atoms with Crippen LogP contribution in [0.1, 0.15) is 37.8 Å². The SMILES string of the molecule is CC(N)C(c1ccccc1Cl)N1CC2CCC1C2. The number of hydrogen-bond acceptors (Lipinski definition) is 2. The topological polar surface area (TPSA) is 29.3 Å². The second kappa shape index (κ2) is 4.84. The number of rotatable bonds is 3. The van der Waals surface area contributed by atoms with Gasteiger partial charge in [-0.3, -0.25) is 4.90 Å². The van der Waals surface area contributed by atoms with Gasteiger partial charge in [-0.2, -0.15) is 0 Å². The summed E-state index contributed by atoms with van der Waals surface area (Å²) >= 11 is 6.36. The lowest BCUT2D eigenvalue weighted by atomic mass is 9.96. The van der Waals surface area contributed by atoms with E-state index in [9.17, 15) is 0 Å². The molecule has 4 atom stereocenters. The Balaban J connectivity index is 1.92. The van der Waals surface area contributed by atoms with Crippen LogP contribution in [0.25, 0.3) is 0 Å². The Morgan fingerprint density at radius 1 is 1.33 bits per heavy atom. The van der Waals surface area contributed by atoms with Crippen molar-refractivity contribution < 1.29 is 0 Å². The number of benzene rings is 1. The zero-order valence-corrected chi connectivity index (χ0v) is 11.6. The summed E-state index contributed by atoms with van der Waals surface area (Å²) in [5, 5.41) is 0.850. The summed E-state index contributed by atoms with van der Waals surface area (Å²) in [5.74, 6) is 0.888. The van der Waals surface area contributed by atoms with E-state index < -0.39 is 0 Å². The summed E-state index contributed by atoms with van der Waals surface area (Å²) in [6.45, 7) is 3.29. The van der Waals surface area contributed by atoms with Crippen molar-refractivity contribution in [3.63, 3.8) is 0 Å². The molecule has 1 saturated heterocycles. The molecule has 1 saturated carbocycles. The second-order valence-electron chi connectivity index (χ2n) is 5.86. The fourth-order valence-corrected chi connectivity index (χ4v) is 4.03. The van der Waals surface area contributed by atoms with E-state index in [0.29, 0.717) is 0 Å². The van der Waals surface area contributed by atoms with Gasteiger partial charge in [0.25, 0.3) is 0 Å². The molecule has 2 nitrogen and oxygen atoms in total. The molecule has 0 spiro atoms. The molecule has 0 aromatic heterocycles. The Morgan fingerprint density at radius 2 is 2.11 bits per heavy atom. The Labute approximate surface area is 114 Å². The van der Waals surface area contributed by atoms with Gasteiger partial charge in [-0.25, -0.2) is 0 Å². The van der Waals surface area contributed by atoms with E-state index in [0.717, 1.165) is 17.0 Å². The second-order valence-corrected chi connectivity index (χ2v) is 6.26. The van der Waals surface area contributed by atoms with Gasteiger partial charge in [0.15, 0.2) is 0 Å². The van der Waals surface area contributed by atoms with Crippen LogP contribution >= 0.6 is 11.6 Å². The van der Waals surface area contributed by atoms with Crippen LogP contribution in [0, 0.1) is 5.92 Å². The summed E-state index contributed by atoms with van der Waals surface area (Å²) in [5.41, 5.74) is 7.44. The quantitative estimate of drug-likeness (QED) is 0.908. The summed E-state index contributed by atoms with van der Waals surface area (Å²) < 4.78 is 0.